The number of fused-ring (bicyclic) bond motifs is 1. The molecule has 0 saturated carbocycles. The zero-order valence-electron chi connectivity index (χ0n) is 15.1. The molecule has 7 heteroatoms. The first kappa shape index (κ1) is 17.6. The highest BCUT2D eigenvalue weighted by Crippen LogP contribution is 2.27. The fourth-order valence-electron chi connectivity index (χ4n) is 2.75. The van der Waals surface area contributed by atoms with Crippen LogP contribution in [0.3, 0.4) is 0 Å². The van der Waals surface area contributed by atoms with Gasteiger partial charge in [-0.3, -0.25) is 9.59 Å². The maximum Gasteiger partial charge on any atom is 0.259 e. The maximum absolute atomic E-state index is 12.9. The molecular formula is C19H20N4O3. The molecule has 0 radical (unpaired) electrons. The van der Waals surface area contributed by atoms with Crippen LogP contribution in [0, 0.1) is 6.92 Å². The van der Waals surface area contributed by atoms with Crippen LogP contribution in [0.25, 0.3) is 22.4 Å². The topological polar surface area (TPSA) is 88.3 Å². The van der Waals surface area contributed by atoms with Crippen LogP contribution in [0.5, 0.6) is 0 Å². The average Bonchev–Trinajstić information content (AvgIpc) is 3.01. The van der Waals surface area contributed by atoms with Crippen molar-refractivity contribution >= 4 is 22.9 Å². The highest BCUT2D eigenvalue weighted by Gasteiger charge is 2.23. The summed E-state index contributed by atoms with van der Waals surface area (Å²) in [6.07, 6.45) is 0. The van der Waals surface area contributed by atoms with Crippen LogP contribution in [-0.4, -0.2) is 47.0 Å². The fraction of sp³-hybridized carbons (Fsp3) is 0.263. The molecule has 0 spiro atoms. The summed E-state index contributed by atoms with van der Waals surface area (Å²) < 4.78 is 5.28. The second kappa shape index (κ2) is 6.95. The quantitative estimate of drug-likeness (QED) is 0.779. The van der Waals surface area contributed by atoms with Crippen molar-refractivity contribution in [1.29, 1.82) is 0 Å². The molecule has 0 aliphatic rings. The molecule has 0 bridgehead atoms. The number of amides is 2. The Hall–Kier alpha value is -3.22. The monoisotopic (exact) mass is 352 g/mol. The first-order valence-corrected chi connectivity index (χ1v) is 8.23. The van der Waals surface area contributed by atoms with E-state index in [1.807, 2.05) is 30.3 Å². The molecule has 134 valence electrons. The van der Waals surface area contributed by atoms with Gasteiger partial charge >= 0.3 is 0 Å². The van der Waals surface area contributed by atoms with Crippen molar-refractivity contribution in [2.45, 2.75) is 19.9 Å². The second-order valence-corrected chi connectivity index (χ2v) is 6.30. The van der Waals surface area contributed by atoms with Crippen molar-refractivity contribution in [2.75, 3.05) is 14.1 Å². The smallest absolute Gasteiger partial charge is 0.259 e. The Morgan fingerprint density at radius 3 is 2.54 bits per heavy atom. The molecule has 0 fully saturated rings. The third kappa shape index (κ3) is 3.28. The van der Waals surface area contributed by atoms with Gasteiger partial charge in [0, 0.05) is 19.7 Å². The van der Waals surface area contributed by atoms with Gasteiger partial charge in [-0.1, -0.05) is 35.5 Å². The third-order valence-corrected chi connectivity index (χ3v) is 4.09. The predicted molar refractivity (Wildman–Crippen MR) is 97.6 cm³/mol. The zero-order chi connectivity index (χ0) is 18.8. The summed E-state index contributed by atoms with van der Waals surface area (Å²) in [6, 6.07) is 10.5. The van der Waals surface area contributed by atoms with Gasteiger partial charge in [0.25, 0.3) is 11.6 Å². The molecule has 2 aromatic heterocycles. The van der Waals surface area contributed by atoms with Crippen LogP contribution in [-0.2, 0) is 4.79 Å². The van der Waals surface area contributed by atoms with Crippen LogP contribution in [0.1, 0.15) is 23.0 Å². The van der Waals surface area contributed by atoms with Crippen molar-refractivity contribution in [2.24, 2.45) is 0 Å². The number of nitrogens with zero attached hydrogens (tertiary/aromatic N) is 3. The van der Waals surface area contributed by atoms with E-state index in [4.69, 9.17) is 4.52 Å². The Bertz CT molecular complexity index is 964. The molecule has 2 heterocycles. The van der Waals surface area contributed by atoms with Crippen LogP contribution in [0.2, 0.25) is 0 Å². The minimum absolute atomic E-state index is 0.186. The predicted octanol–water partition coefficient (Wildman–Crippen LogP) is 2.40. The molecule has 7 nitrogen and oxygen atoms in total. The summed E-state index contributed by atoms with van der Waals surface area (Å²) in [7, 11) is 3.29. The zero-order valence-corrected chi connectivity index (χ0v) is 15.1. The summed E-state index contributed by atoms with van der Waals surface area (Å²) in [6.45, 7) is 3.40. The first-order chi connectivity index (χ1) is 12.4. The number of carbonyl (C=O) groups is 2. The van der Waals surface area contributed by atoms with E-state index in [1.54, 1.807) is 34.0 Å². The van der Waals surface area contributed by atoms with Crippen molar-refractivity contribution in [3.05, 3.63) is 47.7 Å². The summed E-state index contributed by atoms with van der Waals surface area (Å²) in [5, 5.41) is 7.21. The minimum atomic E-state index is -0.652. The van der Waals surface area contributed by atoms with Crippen LogP contribution in [0.4, 0.5) is 0 Å². The van der Waals surface area contributed by atoms with Gasteiger partial charge in [-0.25, -0.2) is 4.98 Å². The Morgan fingerprint density at radius 1 is 1.19 bits per heavy atom. The van der Waals surface area contributed by atoms with Gasteiger partial charge in [0.15, 0.2) is 0 Å². The molecule has 26 heavy (non-hydrogen) atoms. The highest BCUT2D eigenvalue weighted by molar-refractivity contribution is 6.08. The number of carbonyl (C=O) groups excluding carboxylic acids is 2. The van der Waals surface area contributed by atoms with E-state index in [9.17, 15) is 9.59 Å². The van der Waals surface area contributed by atoms with Crippen LogP contribution in [0.15, 0.2) is 40.9 Å². The van der Waals surface area contributed by atoms with E-state index in [0.29, 0.717) is 28.1 Å². The first-order valence-electron chi connectivity index (χ1n) is 8.23. The minimum Gasteiger partial charge on any atom is -0.347 e. The van der Waals surface area contributed by atoms with Crippen molar-refractivity contribution in [1.82, 2.24) is 20.4 Å². The number of aromatic nitrogens is 2. The van der Waals surface area contributed by atoms with Gasteiger partial charge in [-0.05, 0) is 19.9 Å². The lowest BCUT2D eigenvalue weighted by Gasteiger charge is -2.18. The summed E-state index contributed by atoms with van der Waals surface area (Å²) >= 11 is 0. The molecule has 0 unspecified atom stereocenters. The van der Waals surface area contributed by atoms with Gasteiger partial charge in [0.05, 0.1) is 22.3 Å². The summed E-state index contributed by atoms with van der Waals surface area (Å²) in [5.74, 6) is -0.558. The van der Waals surface area contributed by atoms with Crippen molar-refractivity contribution in [3.63, 3.8) is 0 Å². The van der Waals surface area contributed by atoms with Crippen LogP contribution < -0.4 is 5.32 Å². The number of hydrogen-bond acceptors (Lipinski definition) is 5. The van der Waals surface area contributed by atoms with Crippen LogP contribution >= 0.6 is 0 Å². The molecule has 3 aromatic rings. The van der Waals surface area contributed by atoms with Crippen molar-refractivity contribution < 1.29 is 14.1 Å². The number of likely N-dealkylation sites (N-methyl/N-ethyl adjacent to an activating group) is 1. The number of pyridine rings is 1. The second-order valence-electron chi connectivity index (χ2n) is 6.30. The normalized spacial score (nSPS) is 12.0. The number of rotatable bonds is 4. The Morgan fingerprint density at radius 2 is 1.88 bits per heavy atom. The molecule has 1 N–H and O–H groups in total. The standard InChI is InChI=1S/C19H20N4O3/c1-11-16-14(17(24)20-12(2)19(25)23(3)4)10-15(21-18(16)26-22-11)13-8-6-5-7-9-13/h5-10,12H,1-4H3,(H,20,24)/t12-/m1/s1. The van der Waals surface area contributed by atoms with Gasteiger partial charge in [-0.2, -0.15) is 0 Å². The van der Waals surface area contributed by atoms with E-state index >= 15 is 0 Å². The maximum atomic E-state index is 12.9. The van der Waals surface area contributed by atoms with Crippen molar-refractivity contribution in [3.8, 4) is 11.3 Å². The number of aryl methyl sites for hydroxylation is 1. The molecule has 0 aliphatic carbocycles. The highest BCUT2D eigenvalue weighted by atomic mass is 16.5. The Balaban J connectivity index is 2.05. The molecule has 0 aliphatic heterocycles. The Labute approximate surface area is 151 Å². The van der Waals surface area contributed by atoms with E-state index in [1.165, 1.54) is 4.90 Å². The van der Waals surface area contributed by atoms with E-state index < -0.39 is 6.04 Å². The van der Waals surface area contributed by atoms with E-state index in [0.717, 1.165) is 5.56 Å². The number of nitrogens with one attached hydrogen (secondary N) is 1. The number of hydrogen-bond donors (Lipinski definition) is 1. The third-order valence-electron chi connectivity index (χ3n) is 4.09. The SMILES string of the molecule is Cc1noc2nc(-c3ccccc3)cc(C(=O)N[C@H](C)C(=O)N(C)C)c12. The Kier molecular flexibility index (Phi) is 4.71. The summed E-state index contributed by atoms with van der Waals surface area (Å²) in [4.78, 5) is 30.8. The number of benzene rings is 1. The lowest BCUT2D eigenvalue weighted by atomic mass is 10.0. The van der Waals surface area contributed by atoms with E-state index in [2.05, 4.69) is 15.5 Å². The van der Waals surface area contributed by atoms with Gasteiger partial charge in [0.1, 0.15) is 6.04 Å². The molecule has 1 atom stereocenters. The summed E-state index contributed by atoms with van der Waals surface area (Å²) in [5.41, 5.74) is 2.70. The van der Waals surface area contributed by atoms with Gasteiger partial charge < -0.3 is 14.7 Å². The van der Waals surface area contributed by atoms with E-state index in [-0.39, 0.29) is 11.8 Å². The van der Waals surface area contributed by atoms with Gasteiger partial charge in [-0.15, -0.1) is 0 Å². The molecule has 1 aromatic carbocycles. The van der Waals surface area contributed by atoms with Gasteiger partial charge in [0.2, 0.25) is 5.91 Å². The lowest BCUT2D eigenvalue weighted by Crippen LogP contribution is -2.44. The average molecular weight is 352 g/mol. The molecule has 0 saturated heterocycles. The molecular weight excluding hydrogens is 332 g/mol. The lowest BCUT2D eigenvalue weighted by molar-refractivity contribution is -0.130. The molecule has 2 amide bonds. The fourth-order valence-corrected chi connectivity index (χ4v) is 2.75. The molecule has 3 rings (SSSR count). The largest absolute Gasteiger partial charge is 0.347 e.